The van der Waals surface area contributed by atoms with Crippen molar-refractivity contribution in [1.82, 2.24) is 0 Å². The first-order valence-electron chi connectivity index (χ1n) is 8.35. The number of esters is 1. The summed E-state index contributed by atoms with van der Waals surface area (Å²) in [4.78, 5) is 24.1. The number of amides is 1. The Labute approximate surface area is 148 Å². The number of para-hydroxylation sites is 1. The van der Waals surface area contributed by atoms with Crippen LogP contribution in [0, 0.1) is 6.92 Å². The highest BCUT2D eigenvalue weighted by atomic mass is 16.5. The maximum atomic E-state index is 12.5. The molecule has 0 saturated heterocycles. The standard InChI is InChI=1S/C20H23NO4/c1-4-17(25-18-9-7-6-8-14(18)3)19(22)21-16-12-10-15(11-13-16)20(23)24-5-2/h6-13,17H,4-5H2,1-3H3,(H,21,22)/t17-/m1/s1. The number of hydrogen-bond donors (Lipinski definition) is 1. The number of anilines is 1. The van der Waals surface area contributed by atoms with E-state index in [9.17, 15) is 9.59 Å². The summed E-state index contributed by atoms with van der Waals surface area (Å²) in [6.07, 6.45) is -0.0491. The number of hydrogen-bond acceptors (Lipinski definition) is 4. The fraction of sp³-hybridized carbons (Fsp3) is 0.300. The second kappa shape index (κ2) is 8.87. The third kappa shape index (κ3) is 5.08. The molecule has 25 heavy (non-hydrogen) atoms. The van der Waals surface area contributed by atoms with Crippen LogP contribution in [0.25, 0.3) is 0 Å². The molecule has 1 N–H and O–H groups in total. The Hall–Kier alpha value is -2.82. The van der Waals surface area contributed by atoms with Crippen LogP contribution >= 0.6 is 0 Å². The number of ether oxygens (including phenoxy) is 2. The molecule has 0 saturated carbocycles. The molecular weight excluding hydrogens is 318 g/mol. The predicted molar refractivity (Wildman–Crippen MR) is 96.9 cm³/mol. The van der Waals surface area contributed by atoms with Crippen molar-refractivity contribution in [3.63, 3.8) is 0 Å². The van der Waals surface area contributed by atoms with Crippen LogP contribution in [0.5, 0.6) is 5.75 Å². The van der Waals surface area contributed by atoms with Crippen LogP contribution in [0.2, 0.25) is 0 Å². The summed E-state index contributed by atoms with van der Waals surface area (Å²) in [7, 11) is 0. The second-order valence-electron chi connectivity index (χ2n) is 5.57. The molecule has 0 aliphatic rings. The van der Waals surface area contributed by atoms with Gasteiger partial charge in [-0.3, -0.25) is 4.79 Å². The molecule has 2 rings (SSSR count). The van der Waals surface area contributed by atoms with Crippen LogP contribution in [-0.2, 0) is 9.53 Å². The van der Waals surface area contributed by atoms with Gasteiger partial charge in [-0.15, -0.1) is 0 Å². The fourth-order valence-corrected chi connectivity index (χ4v) is 2.29. The molecule has 0 aliphatic carbocycles. The minimum atomic E-state index is -0.592. The average molecular weight is 341 g/mol. The summed E-state index contributed by atoms with van der Waals surface area (Å²) < 4.78 is 10.8. The van der Waals surface area contributed by atoms with E-state index < -0.39 is 6.10 Å². The van der Waals surface area contributed by atoms with Crippen LogP contribution in [0.4, 0.5) is 5.69 Å². The fourth-order valence-electron chi connectivity index (χ4n) is 2.29. The van der Waals surface area contributed by atoms with Crippen molar-refractivity contribution in [3.8, 4) is 5.75 Å². The molecule has 1 amide bonds. The largest absolute Gasteiger partial charge is 0.480 e. The van der Waals surface area contributed by atoms with Gasteiger partial charge in [0, 0.05) is 5.69 Å². The van der Waals surface area contributed by atoms with E-state index >= 15 is 0 Å². The molecule has 0 fully saturated rings. The summed E-state index contributed by atoms with van der Waals surface area (Å²) in [6, 6.07) is 14.2. The second-order valence-corrected chi connectivity index (χ2v) is 5.57. The van der Waals surface area contributed by atoms with Crippen molar-refractivity contribution < 1.29 is 19.1 Å². The number of nitrogens with one attached hydrogen (secondary N) is 1. The van der Waals surface area contributed by atoms with Gasteiger partial charge < -0.3 is 14.8 Å². The lowest BCUT2D eigenvalue weighted by atomic mass is 10.2. The van der Waals surface area contributed by atoms with Crippen LogP contribution in [-0.4, -0.2) is 24.6 Å². The Morgan fingerprint density at radius 1 is 1.04 bits per heavy atom. The Morgan fingerprint density at radius 2 is 1.72 bits per heavy atom. The van der Waals surface area contributed by atoms with Gasteiger partial charge in [0.05, 0.1) is 12.2 Å². The lowest BCUT2D eigenvalue weighted by molar-refractivity contribution is -0.122. The SMILES string of the molecule is CCOC(=O)c1ccc(NC(=O)[C@@H](CC)Oc2ccccc2C)cc1. The van der Waals surface area contributed by atoms with Gasteiger partial charge in [0.2, 0.25) is 0 Å². The first-order valence-corrected chi connectivity index (χ1v) is 8.35. The quantitative estimate of drug-likeness (QED) is 0.774. The van der Waals surface area contributed by atoms with Gasteiger partial charge >= 0.3 is 5.97 Å². The van der Waals surface area contributed by atoms with Crippen LogP contribution in [0.3, 0.4) is 0 Å². The Balaban J connectivity index is 2.02. The molecular formula is C20H23NO4. The van der Waals surface area contributed by atoms with Crippen molar-refractivity contribution in [2.45, 2.75) is 33.3 Å². The molecule has 2 aromatic rings. The van der Waals surface area contributed by atoms with Crippen LogP contribution in [0.15, 0.2) is 48.5 Å². The summed E-state index contributed by atoms with van der Waals surface area (Å²) in [5.74, 6) is 0.0893. The van der Waals surface area contributed by atoms with Crippen molar-refractivity contribution in [3.05, 3.63) is 59.7 Å². The zero-order valence-corrected chi connectivity index (χ0v) is 14.7. The average Bonchev–Trinajstić information content (AvgIpc) is 2.61. The van der Waals surface area contributed by atoms with E-state index in [0.717, 1.165) is 5.56 Å². The Kier molecular flexibility index (Phi) is 6.57. The minimum Gasteiger partial charge on any atom is -0.480 e. The minimum absolute atomic E-state index is 0.227. The first kappa shape index (κ1) is 18.5. The number of carbonyl (C=O) groups is 2. The van der Waals surface area contributed by atoms with Gasteiger partial charge in [-0.2, -0.15) is 0 Å². The van der Waals surface area contributed by atoms with Crippen molar-refractivity contribution >= 4 is 17.6 Å². The highest BCUT2D eigenvalue weighted by Gasteiger charge is 2.19. The maximum absolute atomic E-state index is 12.5. The molecule has 2 aromatic carbocycles. The van der Waals surface area contributed by atoms with Gasteiger partial charge in [0.1, 0.15) is 5.75 Å². The van der Waals surface area contributed by atoms with Gasteiger partial charge in [-0.1, -0.05) is 25.1 Å². The molecule has 1 atom stereocenters. The molecule has 0 unspecified atom stereocenters. The molecule has 0 radical (unpaired) electrons. The molecule has 0 aliphatic heterocycles. The third-order valence-electron chi connectivity index (χ3n) is 3.69. The monoisotopic (exact) mass is 341 g/mol. The number of carbonyl (C=O) groups excluding carboxylic acids is 2. The lowest BCUT2D eigenvalue weighted by Gasteiger charge is -2.18. The summed E-state index contributed by atoms with van der Waals surface area (Å²) >= 11 is 0. The molecule has 5 nitrogen and oxygen atoms in total. The summed E-state index contributed by atoms with van der Waals surface area (Å²) in [5, 5.41) is 2.81. The van der Waals surface area contributed by atoms with E-state index in [1.54, 1.807) is 31.2 Å². The molecule has 0 aromatic heterocycles. The normalized spacial score (nSPS) is 11.5. The highest BCUT2D eigenvalue weighted by molar-refractivity contribution is 5.95. The summed E-state index contributed by atoms with van der Waals surface area (Å²) in [5.41, 5.74) is 2.03. The molecule has 0 heterocycles. The highest BCUT2D eigenvalue weighted by Crippen LogP contribution is 2.20. The van der Waals surface area contributed by atoms with E-state index in [0.29, 0.717) is 30.0 Å². The van der Waals surface area contributed by atoms with Crippen LogP contribution < -0.4 is 10.1 Å². The van der Waals surface area contributed by atoms with E-state index in [1.807, 2.05) is 38.1 Å². The van der Waals surface area contributed by atoms with E-state index in [4.69, 9.17) is 9.47 Å². The van der Waals surface area contributed by atoms with E-state index in [-0.39, 0.29) is 11.9 Å². The zero-order chi connectivity index (χ0) is 18.2. The van der Waals surface area contributed by atoms with Crippen molar-refractivity contribution in [1.29, 1.82) is 0 Å². The van der Waals surface area contributed by atoms with E-state index in [2.05, 4.69) is 5.32 Å². The maximum Gasteiger partial charge on any atom is 0.338 e. The number of aryl methyl sites for hydroxylation is 1. The molecule has 5 heteroatoms. The number of rotatable bonds is 7. The topological polar surface area (TPSA) is 64.6 Å². The molecule has 132 valence electrons. The Bertz CT molecular complexity index is 725. The van der Waals surface area contributed by atoms with Crippen molar-refractivity contribution in [2.75, 3.05) is 11.9 Å². The van der Waals surface area contributed by atoms with Gasteiger partial charge in [0.15, 0.2) is 6.10 Å². The van der Waals surface area contributed by atoms with Gasteiger partial charge in [0.25, 0.3) is 5.91 Å². The van der Waals surface area contributed by atoms with Gasteiger partial charge in [-0.05, 0) is 56.2 Å². The first-order chi connectivity index (χ1) is 12.0. The zero-order valence-electron chi connectivity index (χ0n) is 14.7. The summed E-state index contributed by atoms with van der Waals surface area (Å²) in [6.45, 7) is 5.91. The molecule has 0 spiro atoms. The predicted octanol–water partition coefficient (Wildman–Crippen LogP) is 3.97. The molecule has 0 bridgehead atoms. The van der Waals surface area contributed by atoms with Crippen molar-refractivity contribution in [2.24, 2.45) is 0 Å². The van der Waals surface area contributed by atoms with E-state index in [1.165, 1.54) is 0 Å². The smallest absolute Gasteiger partial charge is 0.338 e. The number of benzene rings is 2. The Morgan fingerprint density at radius 3 is 2.32 bits per heavy atom. The third-order valence-corrected chi connectivity index (χ3v) is 3.69. The van der Waals surface area contributed by atoms with Crippen LogP contribution in [0.1, 0.15) is 36.2 Å². The van der Waals surface area contributed by atoms with Gasteiger partial charge in [-0.25, -0.2) is 4.79 Å². The lowest BCUT2D eigenvalue weighted by Crippen LogP contribution is -2.32.